The zero-order valence-corrected chi connectivity index (χ0v) is 18.2. The van der Waals surface area contributed by atoms with Crippen molar-refractivity contribution in [2.24, 2.45) is 30.2 Å². The van der Waals surface area contributed by atoms with Crippen molar-refractivity contribution in [2.45, 2.75) is 57.0 Å². The van der Waals surface area contributed by atoms with Crippen LogP contribution in [0.4, 0.5) is 5.69 Å². The van der Waals surface area contributed by atoms with Gasteiger partial charge in [0.15, 0.2) is 5.16 Å². The molecule has 5 nitrogen and oxygen atoms in total. The number of anilines is 1. The minimum Gasteiger partial charge on any atom is -0.325 e. The summed E-state index contributed by atoms with van der Waals surface area (Å²) in [6, 6.07) is 7.87. The molecule has 0 aliphatic heterocycles. The van der Waals surface area contributed by atoms with Crippen molar-refractivity contribution in [3.8, 4) is 0 Å². The normalized spacial score (nSPS) is 29.9. The van der Waals surface area contributed by atoms with Crippen LogP contribution in [-0.2, 0) is 18.3 Å². The second-order valence-corrected chi connectivity index (χ2v) is 10.7. The van der Waals surface area contributed by atoms with Gasteiger partial charge in [-0.05, 0) is 80.8 Å². The maximum absolute atomic E-state index is 12.3. The molecule has 1 N–H and O–H groups in total. The molecule has 1 heterocycles. The van der Waals surface area contributed by atoms with Gasteiger partial charge in [0.1, 0.15) is 5.82 Å². The third kappa shape index (κ3) is 3.96. The first-order valence-corrected chi connectivity index (χ1v) is 11.8. The zero-order chi connectivity index (χ0) is 20.0. The number of carbonyl (C=O) groups is 1. The number of aromatic nitrogens is 3. The molecule has 1 amide bonds. The van der Waals surface area contributed by atoms with E-state index in [4.69, 9.17) is 0 Å². The van der Waals surface area contributed by atoms with Crippen LogP contribution >= 0.6 is 11.8 Å². The summed E-state index contributed by atoms with van der Waals surface area (Å²) < 4.78 is 2.11. The van der Waals surface area contributed by atoms with Gasteiger partial charge in [-0.25, -0.2) is 0 Å². The molecule has 0 spiro atoms. The largest absolute Gasteiger partial charge is 0.325 e. The molecule has 6 rings (SSSR count). The lowest BCUT2D eigenvalue weighted by Gasteiger charge is -2.56. The van der Waals surface area contributed by atoms with E-state index in [-0.39, 0.29) is 5.91 Å². The number of rotatable bonds is 6. The molecule has 4 aliphatic carbocycles. The molecule has 1 aromatic heterocycles. The van der Waals surface area contributed by atoms with E-state index in [1.807, 2.05) is 31.2 Å². The van der Waals surface area contributed by atoms with E-state index < -0.39 is 0 Å². The molecule has 4 fully saturated rings. The fourth-order valence-electron chi connectivity index (χ4n) is 6.43. The summed E-state index contributed by atoms with van der Waals surface area (Å²) in [4.78, 5) is 12.3. The number of thioether (sulfide) groups is 1. The molecule has 0 unspecified atom stereocenters. The summed E-state index contributed by atoms with van der Waals surface area (Å²) in [5, 5.41) is 12.7. The predicted molar refractivity (Wildman–Crippen MR) is 116 cm³/mol. The molecular weight excluding hydrogens is 380 g/mol. The number of hydrogen-bond acceptors (Lipinski definition) is 4. The second-order valence-electron chi connectivity index (χ2n) is 9.76. The maximum atomic E-state index is 12.3. The Bertz CT molecular complexity index is 869. The van der Waals surface area contributed by atoms with Gasteiger partial charge in [0.25, 0.3) is 0 Å². The van der Waals surface area contributed by atoms with E-state index in [1.165, 1.54) is 55.9 Å². The fourth-order valence-corrected chi connectivity index (χ4v) is 7.16. The van der Waals surface area contributed by atoms with Crippen molar-refractivity contribution in [3.63, 3.8) is 0 Å². The number of aryl methyl sites for hydroxylation is 1. The van der Waals surface area contributed by atoms with Crippen molar-refractivity contribution >= 4 is 23.4 Å². The summed E-state index contributed by atoms with van der Waals surface area (Å²) in [6.45, 7) is 2.04. The van der Waals surface area contributed by atoms with Gasteiger partial charge in [0.2, 0.25) is 5.91 Å². The van der Waals surface area contributed by atoms with E-state index in [9.17, 15) is 4.79 Å². The first kappa shape index (κ1) is 19.2. The lowest BCUT2D eigenvalue weighted by Crippen LogP contribution is -2.47. The molecule has 29 heavy (non-hydrogen) atoms. The molecule has 4 saturated carbocycles. The number of nitrogens with zero attached hydrogens (tertiary/aromatic N) is 3. The molecule has 2 aromatic rings. The van der Waals surface area contributed by atoms with Crippen LogP contribution < -0.4 is 5.32 Å². The van der Waals surface area contributed by atoms with Crippen molar-refractivity contribution in [3.05, 3.63) is 35.7 Å². The Labute approximate surface area is 177 Å². The molecule has 4 bridgehead atoms. The third-order valence-electron chi connectivity index (χ3n) is 7.29. The summed E-state index contributed by atoms with van der Waals surface area (Å²) in [5.74, 6) is 4.28. The Kier molecular flexibility index (Phi) is 4.93. The Morgan fingerprint density at radius 3 is 2.34 bits per heavy atom. The number of nitrogens with one attached hydrogen (secondary N) is 1. The van der Waals surface area contributed by atoms with Gasteiger partial charge in [-0.3, -0.25) is 4.79 Å². The Hall–Kier alpha value is -1.82. The fraction of sp³-hybridized carbons (Fsp3) is 0.609. The van der Waals surface area contributed by atoms with E-state index >= 15 is 0 Å². The minimum atomic E-state index is -0.00973. The van der Waals surface area contributed by atoms with Crippen LogP contribution in [0.1, 0.15) is 49.9 Å². The molecule has 0 atom stereocenters. The summed E-state index contributed by atoms with van der Waals surface area (Å²) in [6.07, 6.45) is 9.60. The highest BCUT2D eigenvalue weighted by molar-refractivity contribution is 7.99. The van der Waals surface area contributed by atoms with Crippen molar-refractivity contribution in [2.75, 3.05) is 11.1 Å². The molecule has 1 aromatic carbocycles. The molecule has 0 radical (unpaired) electrons. The van der Waals surface area contributed by atoms with Crippen LogP contribution in [0, 0.1) is 30.1 Å². The van der Waals surface area contributed by atoms with E-state index in [0.717, 1.165) is 40.8 Å². The van der Waals surface area contributed by atoms with Gasteiger partial charge >= 0.3 is 0 Å². The molecular formula is C23H30N4OS. The number of carbonyl (C=O) groups excluding carboxylic acids is 1. The Morgan fingerprint density at radius 2 is 1.72 bits per heavy atom. The number of hydrogen-bond donors (Lipinski definition) is 1. The summed E-state index contributed by atoms with van der Waals surface area (Å²) >= 11 is 1.47. The highest BCUT2D eigenvalue weighted by Gasteiger charge is 2.51. The van der Waals surface area contributed by atoms with E-state index in [2.05, 4.69) is 27.1 Å². The SMILES string of the molecule is Cc1ccc(NC(=O)CSc2nnc(CC34CC5CC(CC(C5)C3)C4)n2C)cc1. The van der Waals surface area contributed by atoms with Gasteiger partial charge in [-0.2, -0.15) is 0 Å². The van der Waals surface area contributed by atoms with Gasteiger partial charge in [-0.1, -0.05) is 29.5 Å². The number of amides is 1. The van der Waals surface area contributed by atoms with Crippen LogP contribution in [0.3, 0.4) is 0 Å². The first-order chi connectivity index (χ1) is 14.0. The molecule has 0 saturated heterocycles. The third-order valence-corrected chi connectivity index (χ3v) is 8.31. The van der Waals surface area contributed by atoms with Crippen molar-refractivity contribution < 1.29 is 4.79 Å². The highest BCUT2D eigenvalue weighted by Crippen LogP contribution is 2.60. The lowest BCUT2D eigenvalue weighted by molar-refractivity contribution is -0.113. The lowest BCUT2D eigenvalue weighted by atomic mass is 9.49. The van der Waals surface area contributed by atoms with Gasteiger partial charge in [0, 0.05) is 19.2 Å². The van der Waals surface area contributed by atoms with Crippen molar-refractivity contribution in [1.29, 1.82) is 0 Å². The smallest absolute Gasteiger partial charge is 0.234 e. The van der Waals surface area contributed by atoms with E-state index in [1.54, 1.807) is 0 Å². The Balaban J connectivity index is 1.20. The summed E-state index contributed by atoms with van der Waals surface area (Å²) in [5.41, 5.74) is 2.48. The second kappa shape index (κ2) is 7.46. The molecule has 4 aliphatic rings. The first-order valence-electron chi connectivity index (χ1n) is 10.9. The number of benzene rings is 1. The molecule has 6 heteroatoms. The van der Waals surface area contributed by atoms with Crippen LogP contribution in [0.15, 0.2) is 29.4 Å². The average molecular weight is 411 g/mol. The van der Waals surface area contributed by atoms with Gasteiger partial charge < -0.3 is 9.88 Å². The zero-order valence-electron chi connectivity index (χ0n) is 17.4. The van der Waals surface area contributed by atoms with Crippen LogP contribution in [0.25, 0.3) is 0 Å². The van der Waals surface area contributed by atoms with Crippen LogP contribution in [-0.4, -0.2) is 26.4 Å². The highest BCUT2D eigenvalue weighted by atomic mass is 32.2. The standard InChI is InChI=1S/C23H30N4OS/c1-15-3-5-19(6-4-15)24-21(28)14-29-22-26-25-20(27(22)2)13-23-10-16-7-17(11-23)9-18(8-16)12-23/h3-6,16-18H,7-14H2,1-2H3,(H,24,28). The quantitative estimate of drug-likeness (QED) is 0.706. The van der Waals surface area contributed by atoms with Gasteiger partial charge in [-0.15, -0.1) is 10.2 Å². The van der Waals surface area contributed by atoms with Gasteiger partial charge in [0.05, 0.1) is 5.75 Å². The average Bonchev–Trinajstić information content (AvgIpc) is 3.00. The maximum Gasteiger partial charge on any atom is 0.234 e. The Morgan fingerprint density at radius 1 is 1.10 bits per heavy atom. The minimum absolute atomic E-state index is 0.00973. The monoisotopic (exact) mass is 410 g/mol. The predicted octanol–water partition coefficient (Wildman–Crippen LogP) is 4.61. The van der Waals surface area contributed by atoms with E-state index in [0.29, 0.717) is 11.2 Å². The summed E-state index contributed by atoms with van der Waals surface area (Å²) in [7, 11) is 2.05. The van der Waals surface area contributed by atoms with Crippen LogP contribution in [0.5, 0.6) is 0 Å². The topological polar surface area (TPSA) is 59.8 Å². The van der Waals surface area contributed by atoms with Crippen molar-refractivity contribution in [1.82, 2.24) is 14.8 Å². The van der Waals surface area contributed by atoms with Crippen LogP contribution in [0.2, 0.25) is 0 Å². The molecule has 154 valence electrons.